The predicted octanol–water partition coefficient (Wildman–Crippen LogP) is 4.22. The van der Waals surface area contributed by atoms with Crippen molar-refractivity contribution < 1.29 is 14.3 Å². The number of nitrogens with zero attached hydrogens (tertiary/aromatic N) is 2. The van der Waals surface area contributed by atoms with Gasteiger partial charge in [-0.25, -0.2) is 4.68 Å². The highest BCUT2D eigenvalue weighted by Crippen LogP contribution is 2.39. The largest absolute Gasteiger partial charge is 0.454 e. The van der Waals surface area contributed by atoms with Crippen molar-refractivity contribution in [2.75, 3.05) is 12.1 Å². The zero-order valence-electron chi connectivity index (χ0n) is 13.4. The number of benzene rings is 2. The van der Waals surface area contributed by atoms with Crippen molar-refractivity contribution >= 4 is 34.9 Å². The van der Waals surface area contributed by atoms with E-state index in [0.29, 0.717) is 39.5 Å². The molecule has 1 aromatic heterocycles. The summed E-state index contributed by atoms with van der Waals surface area (Å²) in [6, 6.07) is 12.3. The molecule has 0 fully saturated rings. The van der Waals surface area contributed by atoms with Crippen molar-refractivity contribution in [1.82, 2.24) is 9.78 Å². The van der Waals surface area contributed by atoms with Crippen LogP contribution >= 0.6 is 23.2 Å². The van der Waals surface area contributed by atoms with E-state index in [1.165, 1.54) is 0 Å². The highest BCUT2D eigenvalue weighted by molar-refractivity contribution is 6.33. The normalized spacial score (nSPS) is 12.2. The fourth-order valence-corrected chi connectivity index (χ4v) is 3.10. The Labute approximate surface area is 159 Å². The molecule has 0 radical (unpaired) electrons. The van der Waals surface area contributed by atoms with Gasteiger partial charge in [0.2, 0.25) is 6.79 Å². The lowest BCUT2D eigenvalue weighted by Gasteiger charge is -2.11. The quantitative estimate of drug-likeness (QED) is 0.725. The fraction of sp³-hybridized carbons (Fsp3) is 0.111. The lowest BCUT2D eigenvalue weighted by Crippen LogP contribution is -2.16. The smallest absolute Gasteiger partial charge is 0.257 e. The average Bonchev–Trinajstić information content (AvgIpc) is 3.26. The van der Waals surface area contributed by atoms with E-state index < -0.39 is 0 Å². The Bertz CT molecular complexity index is 988. The van der Waals surface area contributed by atoms with Crippen LogP contribution in [0.1, 0.15) is 15.9 Å². The third kappa shape index (κ3) is 3.21. The number of anilines is 1. The second kappa shape index (κ2) is 6.90. The summed E-state index contributed by atoms with van der Waals surface area (Å²) in [6.07, 6.45) is 1.61. The number of halogens is 2. The average molecular weight is 390 g/mol. The second-order valence-corrected chi connectivity index (χ2v) is 6.43. The molecule has 8 heteroatoms. The van der Waals surface area contributed by atoms with Gasteiger partial charge in [-0.05, 0) is 23.8 Å². The van der Waals surface area contributed by atoms with E-state index in [4.69, 9.17) is 32.7 Å². The molecule has 0 aliphatic carbocycles. The third-order valence-electron chi connectivity index (χ3n) is 3.93. The second-order valence-electron chi connectivity index (χ2n) is 5.61. The molecule has 1 N–H and O–H groups in total. The van der Waals surface area contributed by atoms with Crippen LogP contribution in [-0.2, 0) is 6.54 Å². The van der Waals surface area contributed by atoms with Gasteiger partial charge in [0.05, 0.1) is 17.8 Å². The van der Waals surface area contributed by atoms with E-state index in [-0.39, 0.29) is 12.7 Å². The molecule has 0 atom stereocenters. The molecule has 1 aliphatic rings. The lowest BCUT2D eigenvalue weighted by molar-refractivity contribution is 0.102. The molecule has 26 heavy (non-hydrogen) atoms. The standard InChI is InChI=1S/C18H13Cl2N3O3/c19-13-4-2-1-3-11(13)9-23-16(5-6-21-23)22-18(24)12-7-14(20)17-15(8-12)25-10-26-17/h1-8H,9-10H2,(H,22,24). The van der Waals surface area contributed by atoms with Crippen molar-refractivity contribution in [1.29, 1.82) is 0 Å². The fourth-order valence-electron chi connectivity index (χ4n) is 2.64. The zero-order chi connectivity index (χ0) is 18.1. The van der Waals surface area contributed by atoms with Gasteiger partial charge in [-0.1, -0.05) is 41.4 Å². The minimum absolute atomic E-state index is 0.0880. The van der Waals surface area contributed by atoms with Gasteiger partial charge in [0.25, 0.3) is 5.91 Å². The Morgan fingerprint density at radius 1 is 1.15 bits per heavy atom. The van der Waals surface area contributed by atoms with E-state index in [1.807, 2.05) is 24.3 Å². The number of nitrogens with one attached hydrogen (secondary N) is 1. The molecule has 132 valence electrons. The molecule has 0 unspecified atom stereocenters. The van der Waals surface area contributed by atoms with Crippen LogP contribution in [0.5, 0.6) is 11.5 Å². The molecule has 4 rings (SSSR count). The van der Waals surface area contributed by atoms with Crippen LogP contribution in [0.25, 0.3) is 0 Å². The van der Waals surface area contributed by atoms with Gasteiger partial charge in [0.1, 0.15) is 5.82 Å². The lowest BCUT2D eigenvalue weighted by atomic mass is 10.2. The minimum atomic E-state index is -0.328. The summed E-state index contributed by atoms with van der Waals surface area (Å²) in [5.41, 5.74) is 1.27. The number of hydrogen-bond donors (Lipinski definition) is 1. The maximum atomic E-state index is 12.6. The number of amides is 1. The summed E-state index contributed by atoms with van der Waals surface area (Å²) in [6.45, 7) is 0.523. The van der Waals surface area contributed by atoms with Crippen LogP contribution in [0.2, 0.25) is 10.0 Å². The van der Waals surface area contributed by atoms with Crippen LogP contribution in [0.3, 0.4) is 0 Å². The van der Waals surface area contributed by atoms with E-state index in [2.05, 4.69) is 10.4 Å². The summed E-state index contributed by atoms with van der Waals surface area (Å²) in [7, 11) is 0. The summed E-state index contributed by atoms with van der Waals surface area (Å²) in [4.78, 5) is 12.6. The van der Waals surface area contributed by atoms with Crippen LogP contribution < -0.4 is 14.8 Å². The molecule has 6 nitrogen and oxygen atoms in total. The van der Waals surface area contributed by atoms with Crippen molar-refractivity contribution in [3.63, 3.8) is 0 Å². The van der Waals surface area contributed by atoms with Gasteiger partial charge >= 0.3 is 0 Å². The number of carbonyl (C=O) groups excluding carboxylic acids is 1. The summed E-state index contributed by atoms with van der Waals surface area (Å²) >= 11 is 12.3. The first-order valence-corrected chi connectivity index (χ1v) is 8.53. The zero-order valence-corrected chi connectivity index (χ0v) is 14.9. The molecule has 2 heterocycles. The van der Waals surface area contributed by atoms with Gasteiger partial charge in [-0.3, -0.25) is 4.79 Å². The predicted molar refractivity (Wildman–Crippen MR) is 98.3 cm³/mol. The minimum Gasteiger partial charge on any atom is -0.454 e. The molecule has 0 saturated heterocycles. The topological polar surface area (TPSA) is 65.4 Å². The SMILES string of the molecule is O=C(Nc1ccnn1Cc1ccccc1Cl)c1cc(Cl)c2c(c1)OCO2. The molecule has 0 spiro atoms. The summed E-state index contributed by atoms with van der Waals surface area (Å²) < 4.78 is 12.2. The number of ether oxygens (including phenoxy) is 2. The Kier molecular flexibility index (Phi) is 4.44. The van der Waals surface area contributed by atoms with E-state index in [1.54, 1.807) is 29.1 Å². The van der Waals surface area contributed by atoms with Gasteiger partial charge < -0.3 is 14.8 Å². The van der Waals surface area contributed by atoms with E-state index in [9.17, 15) is 4.79 Å². The Balaban J connectivity index is 1.55. The van der Waals surface area contributed by atoms with Gasteiger partial charge in [0, 0.05) is 16.7 Å². The van der Waals surface area contributed by atoms with Crippen LogP contribution in [0.4, 0.5) is 5.82 Å². The first-order valence-electron chi connectivity index (χ1n) is 7.77. The molecule has 2 aromatic carbocycles. The van der Waals surface area contributed by atoms with Crippen molar-refractivity contribution in [3.05, 3.63) is 69.8 Å². The first-order chi connectivity index (χ1) is 12.6. The number of carbonyl (C=O) groups is 1. The van der Waals surface area contributed by atoms with Crippen LogP contribution in [0.15, 0.2) is 48.7 Å². The molecule has 3 aromatic rings. The molecule has 0 bridgehead atoms. The Hall–Kier alpha value is -2.70. The highest BCUT2D eigenvalue weighted by Gasteiger charge is 2.21. The maximum Gasteiger partial charge on any atom is 0.257 e. The number of rotatable bonds is 4. The van der Waals surface area contributed by atoms with Crippen LogP contribution in [-0.4, -0.2) is 22.5 Å². The number of hydrogen-bond acceptors (Lipinski definition) is 4. The number of fused-ring (bicyclic) bond motifs is 1. The number of aromatic nitrogens is 2. The monoisotopic (exact) mass is 389 g/mol. The summed E-state index contributed by atoms with van der Waals surface area (Å²) in [5.74, 6) is 1.12. The van der Waals surface area contributed by atoms with E-state index in [0.717, 1.165) is 5.56 Å². The van der Waals surface area contributed by atoms with E-state index >= 15 is 0 Å². The summed E-state index contributed by atoms with van der Waals surface area (Å²) in [5, 5.41) is 8.05. The molecular formula is C18H13Cl2N3O3. The first kappa shape index (κ1) is 16.8. The van der Waals surface area contributed by atoms with Crippen molar-refractivity contribution in [2.24, 2.45) is 0 Å². The van der Waals surface area contributed by atoms with Gasteiger partial charge in [-0.15, -0.1) is 0 Å². The highest BCUT2D eigenvalue weighted by atomic mass is 35.5. The molecule has 1 aliphatic heterocycles. The molecule has 1 amide bonds. The Morgan fingerprint density at radius 3 is 2.85 bits per heavy atom. The molecule has 0 saturated carbocycles. The van der Waals surface area contributed by atoms with Crippen LogP contribution in [0, 0.1) is 0 Å². The maximum absolute atomic E-state index is 12.6. The van der Waals surface area contributed by atoms with Crippen molar-refractivity contribution in [3.8, 4) is 11.5 Å². The van der Waals surface area contributed by atoms with Gasteiger partial charge in [-0.2, -0.15) is 5.10 Å². The van der Waals surface area contributed by atoms with Gasteiger partial charge in [0.15, 0.2) is 11.5 Å². The Morgan fingerprint density at radius 2 is 2.00 bits per heavy atom. The van der Waals surface area contributed by atoms with Crippen molar-refractivity contribution in [2.45, 2.75) is 6.54 Å². The third-order valence-corrected chi connectivity index (χ3v) is 4.57. The molecular weight excluding hydrogens is 377 g/mol.